The van der Waals surface area contributed by atoms with E-state index in [0.717, 1.165) is 4.90 Å². The minimum Gasteiger partial charge on any atom is -0.480 e. The SMILES string of the molecule is CC(C)OC(=O)C(NCC(=O)O)C(=O)C1CCN(C(=O)c2cc(C(F)(F)F)cc(C(F)(F)F)c2)C(Cc2ccccc2)C1. The molecule has 1 fully saturated rings. The number of carboxylic acid groups (broad SMARTS) is 1. The van der Waals surface area contributed by atoms with Gasteiger partial charge in [0.25, 0.3) is 5.91 Å². The summed E-state index contributed by atoms with van der Waals surface area (Å²) in [7, 11) is 0. The van der Waals surface area contributed by atoms with Gasteiger partial charge in [-0.25, -0.2) is 4.79 Å². The van der Waals surface area contributed by atoms with E-state index in [1.165, 1.54) is 13.8 Å². The number of aliphatic carboxylic acids is 1. The van der Waals surface area contributed by atoms with Gasteiger partial charge in [-0.1, -0.05) is 30.3 Å². The summed E-state index contributed by atoms with van der Waals surface area (Å²) in [6.07, 6.45) is -11.0. The number of Topliss-reactive ketones (excluding diaryl/α,β-unsaturated/α-hetero) is 1. The van der Waals surface area contributed by atoms with E-state index >= 15 is 0 Å². The van der Waals surface area contributed by atoms with Crippen molar-refractivity contribution in [3.05, 3.63) is 70.8 Å². The zero-order valence-electron chi connectivity index (χ0n) is 23.2. The highest BCUT2D eigenvalue weighted by atomic mass is 19.4. The van der Waals surface area contributed by atoms with Crippen molar-refractivity contribution in [1.82, 2.24) is 10.2 Å². The summed E-state index contributed by atoms with van der Waals surface area (Å²) in [5.41, 5.74) is -3.40. The molecule has 14 heteroatoms. The van der Waals surface area contributed by atoms with Crippen LogP contribution in [-0.4, -0.2) is 64.9 Å². The second-order valence-electron chi connectivity index (χ2n) is 10.5. The van der Waals surface area contributed by atoms with Gasteiger partial charge in [-0.15, -0.1) is 0 Å². The van der Waals surface area contributed by atoms with E-state index in [4.69, 9.17) is 9.84 Å². The van der Waals surface area contributed by atoms with Gasteiger partial charge in [-0.2, -0.15) is 26.3 Å². The Balaban J connectivity index is 1.97. The fraction of sp³-hybridized carbons (Fsp3) is 0.448. The van der Waals surface area contributed by atoms with E-state index in [2.05, 4.69) is 5.32 Å². The van der Waals surface area contributed by atoms with E-state index in [1.807, 2.05) is 0 Å². The second-order valence-corrected chi connectivity index (χ2v) is 10.5. The van der Waals surface area contributed by atoms with Crippen molar-refractivity contribution in [3.63, 3.8) is 0 Å². The number of hydrogen-bond donors (Lipinski definition) is 2. The van der Waals surface area contributed by atoms with E-state index in [1.54, 1.807) is 30.3 Å². The Morgan fingerprint density at radius 3 is 2.07 bits per heavy atom. The first-order valence-corrected chi connectivity index (χ1v) is 13.3. The molecule has 1 heterocycles. The number of amides is 1. The number of halogens is 6. The number of carboxylic acids is 1. The molecular formula is C29H30F6N2O6. The van der Waals surface area contributed by atoms with Crippen molar-refractivity contribution >= 4 is 23.6 Å². The van der Waals surface area contributed by atoms with Crippen molar-refractivity contribution in [2.75, 3.05) is 13.1 Å². The third kappa shape index (κ3) is 9.02. The lowest BCUT2D eigenvalue weighted by Crippen LogP contribution is -2.54. The maximum Gasteiger partial charge on any atom is 0.416 e. The van der Waals surface area contributed by atoms with Gasteiger partial charge in [-0.05, 0) is 56.9 Å². The number of rotatable bonds is 10. The number of nitrogens with one attached hydrogen (secondary N) is 1. The molecule has 0 spiro atoms. The molecule has 0 saturated carbocycles. The number of ether oxygens (including phenoxy) is 1. The van der Waals surface area contributed by atoms with Gasteiger partial charge >= 0.3 is 24.3 Å². The molecule has 0 radical (unpaired) electrons. The molecule has 1 aliphatic heterocycles. The van der Waals surface area contributed by atoms with Gasteiger partial charge in [0.2, 0.25) is 0 Å². The molecule has 1 aliphatic rings. The van der Waals surface area contributed by atoms with Gasteiger partial charge in [0.15, 0.2) is 11.8 Å². The molecule has 2 aromatic carbocycles. The van der Waals surface area contributed by atoms with Gasteiger partial charge in [0.05, 0.1) is 23.8 Å². The fourth-order valence-corrected chi connectivity index (χ4v) is 4.93. The third-order valence-corrected chi connectivity index (χ3v) is 6.86. The van der Waals surface area contributed by atoms with Crippen LogP contribution >= 0.6 is 0 Å². The highest BCUT2D eigenvalue weighted by Gasteiger charge is 2.42. The number of hydrogen-bond acceptors (Lipinski definition) is 6. The summed E-state index contributed by atoms with van der Waals surface area (Å²) in [6.45, 7) is 2.11. The highest BCUT2D eigenvalue weighted by Crippen LogP contribution is 2.37. The van der Waals surface area contributed by atoms with Crippen LogP contribution in [0.1, 0.15) is 53.7 Å². The van der Waals surface area contributed by atoms with Crippen LogP contribution < -0.4 is 5.32 Å². The quantitative estimate of drug-likeness (QED) is 0.225. The zero-order valence-corrected chi connectivity index (χ0v) is 23.2. The normalized spacial score (nSPS) is 18.3. The molecule has 1 amide bonds. The first-order chi connectivity index (χ1) is 20.0. The van der Waals surface area contributed by atoms with Crippen LogP contribution in [0.4, 0.5) is 26.3 Å². The lowest BCUT2D eigenvalue weighted by atomic mass is 9.82. The Hall–Kier alpha value is -3.94. The number of ketones is 1. The standard InChI is InChI=1S/C29H30F6N2O6/c1-16(2)43-27(42)24(36-15-23(38)39)25(40)18-8-9-37(22(13-18)10-17-6-4-3-5-7-17)26(41)19-11-20(28(30,31)32)14-21(12-19)29(33,34)35/h3-7,11-12,14,16,18,22,24,36H,8-10,13,15H2,1-2H3,(H,38,39). The van der Waals surface area contributed by atoms with Gasteiger partial charge < -0.3 is 14.7 Å². The predicted octanol–water partition coefficient (Wildman–Crippen LogP) is 4.75. The highest BCUT2D eigenvalue weighted by molar-refractivity contribution is 6.04. The summed E-state index contributed by atoms with van der Waals surface area (Å²) in [6, 6.07) is 6.69. The van der Waals surface area contributed by atoms with E-state index in [9.17, 15) is 45.5 Å². The Bertz CT molecular complexity index is 1300. The van der Waals surface area contributed by atoms with Crippen molar-refractivity contribution in [2.24, 2.45) is 5.92 Å². The van der Waals surface area contributed by atoms with Crippen LogP contribution in [0.2, 0.25) is 0 Å². The summed E-state index contributed by atoms with van der Waals surface area (Å²) in [4.78, 5) is 51.9. The van der Waals surface area contributed by atoms with Crippen LogP contribution in [0, 0.1) is 5.92 Å². The van der Waals surface area contributed by atoms with Gasteiger partial charge in [-0.3, -0.25) is 19.7 Å². The van der Waals surface area contributed by atoms with Crippen molar-refractivity contribution in [2.45, 2.75) is 63.7 Å². The number of nitrogens with zero attached hydrogens (tertiary/aromatic N) is 1. The first-order valence-electron chi connectivity index (χ1n) is 13.3. The van der Waals surface area contributed by atoms with Gasteiger partial charge in [0.1, 0.15) is 0 Å². The molecule has 3 atom stereocenters. The predicted molar refractivity (Wildman–Crippen MR) is 140 cm³/mol. The Morgan fingerprint density at radius 1 is 0.977 bits per heavy atom. The lowest BCUT2D eigenvalue weighted by Gasteiger charge is -2.40. The molecule has 3 rings (SSSR count). The Kier molecular flexibility index (Phi) is 10.6. The van der Waals surface area contributed by atoms with Crippen LogP contribution in [0.3, 0.4) is 0 Å². The Morgan fingerprint density at radius 2 is 1.56 bits per heavy atom. The maximum absolute atomic E-state index is 13.5. The first kappa shape index (κ1) is 33.6. The zero-order chi connectivity index (χ0) is 32.1. The topological polar surface area (TPSA) is 113 Å². The molecule has 234 valence electrons. The van der Waals surface area contributed by atoms with E-state index < -0.39 is 83.3 Å². The largest absolute Gasteiger partial charge is 0.480 e. The molecule has 0 aromatic heterocycles. The van der Waals surface area contributed by atoms with Crippen LogP contribution in [-0.2, 0) is 37.9 Å². The molecule has 3 unspecified atom stereocenters. The molecule has 0 bridgehead atoms. The van der Waals surface area contributed by atoms with Crippen molar-refractivity contribution < 1.29 is 55.4 Å². The minimum absolute atomic E-state index is 0.0658. The summed E-state index contributed by atoms with van der Waals surface area (Å²) in [5.74, 6) is -5.02. The number of carbonyl (C=O) groups excluding carboxylic acids is 3. The smallest absolute Gasteiger partial charge is 0.416 e. The van der Waals surface area contributed by atoms with E-state index in [0.29, 0.717) is 17.7 Å². The number of likely N-dealkylation sites (tertiary alicyclic amines) is 1. The third-order valence-electron chi connectivity index (χ3n) is 6.86. The number of alkyl halides is 6. The molecule has 43 heavy (non-hydrogen) atoms. The van der Waals surface area contributed by atoms with Crippen molar-refractivity contribution in [3.8, 4) is 0 Å². The molecule has 0 aliphatic carbocycles. The lowest BCUT2D eigenvalue weighted by molar-refractivity contribution is -0.154. The molecular weight excluding hydrogens is 586 g/mol. The number of benzene rings is 2. The van der Waals surface area contributed by atoms with Crippen molar-refractivity contribution in [1.29, 1.82) is 0 Å². The summed E-state index contributed by atoms with van der Waals surface area (Å²) < 4.78 is 85.9. The average Bonchev–Trinajstić information content (AvgIpc) is 2.91. The van der Waals surface area contributed by atoms with Crippen LogP contribution in [0.25, 0.3) is 0 Å². The maximum atomic E-state index is 13.5. The molecule has 2 aromatic rings. The van der Waals surface area contributed by atoms with Crippen LogP contribution in [0.15, 0.2) is 48.5 Å². The number of piperidine rings is 1. The second kappa shape index (κ2) is 13.6. The summed E-state index contributed by atoms with van der Waals surface area (Å²) in [5, 5.41) is 11.4. The van der Waals surface area contributed by atoms with Crippen LogP contribution in [0.5, 0.6) is 0 Å². The molecule has 1 saturated heterocycles. The van der Waals surface area contributed by atoms with E-state index in [-0.39, 0.29) is 31.9 Å². The van der Waals surface area contributed by atoms with Gasteiger partial charge in [0, 0.05) is 24.1 Å². The summed E-state index contributed by atoms with van der Waals surface area (Å²) >= 11 is 0. The Labute approximate surface area is 243 Å². The monoisotopic (exact) mass is 616 g/mol. The number of carbonyl (C=O) groups is 4. The average molecular weight is 617 g/mol. The molecule has 8 nitrogen and oxygen atoms in total. The minimum atomic E-state index is -5.15. The fourth-order valence-electron chi connectivity index (χ4n) is 4.93. The number of esters is 1. The molecule has 2 N–H and O–H groups in total.